The van der Waals surface area contributed by atoms with Crippen LogP contribution in [-0.4, -0.2) is 14.6 Å². The van der Waals surface area contributed by atoms with Crippen molar-refractivity contribution in [3.8, 4) is 10.7 Å². The molecule has 0 N–H and O–H groups in total. The molecule has 0 bridgehead atoms. The summed E-state index contributed by atoms with van der Waals surface area (Å²) in [6.45, 7) is 0. The van der Waals surface area contributed by atoms with Gasteiger partial charge in [0.1, 0.15) is 0 Å². The van der Waals surface area contributed by atoms with Crippen LogP contribution in [-0.2, 0) is 0 Å². The molecule has 3 aromatic heterocycles. The van der Waals surface area contributed by atoms with Crippen molar-refractivity contribution in [2.75, 3.05) is 0 Å². The minimum atomic E-state index is -0.127. The van der Waals surface area contributed by atoms with Crippen LogP contribution in [0.3, 0.4) is 0 Å². The molecule has 0 unspecified atom stereocenters. The lowest BCUT2D eigenvalue weighted by Gasteiger charge is -1.87. The van der Waals surface area contributed by atoms with E-state index in [-0.39, 0.29) is 5.56 Å². The van der Waals surface area contributed by atoms with Crippen molar-refractivity contribution >= 4 is 39.8 Å². The maximum Gasteiger partial charge on any atom is 0.291 e. The van der Waals surface area contributed by atoms with Gasteiger partial charge in [0.25, 0.3) is 5.56 Å². The van der Waals surface area contributed by atoms with E-state index in [1.807, 2.05) is 60.0 Å². The number of thiazole rings is 1. The molecule has 112 valence electrons. The monoisotopic (exact) mass is 337 g/mol. The first-order valence-corrected chi connectivity index (χ1v) is 8.68. The number of nitrogens with zero attached hydrogens (tertiary/aromatic N) is 3. The summed E-state index contributed by atoms with van der Waals surface area (Å²) in [4.78, 5) is 18.4. The van der Waals surface area contributed by atoms with Crippen molar-refractivity contribution in [3.63, 3.8) is 0 Å². The van der Waals surface area contributed by atoms with E-state index in [9.17, 15) is 4.79 Å². The number of benzene rings is 1. The molecule has 1 aromatic carbocycles. The van der Waals surface area contributed by atoms with Gasteiger partial charge in [-0.3, -0.25) is 4.79 Å². The van der Waals surface area contributed by atoms with Crippen LogP contribution in [0.1, 0.15) is 5.56 Å². The molecule has 0 spiro atoms. The second-order valence-electron chi connectivity index (χ2n) is 4.82. The first-order chi connectivity index (χ1) is 11.3. The molecular formula is C17H11N3OS2. The molecular weight excluding hydrogens is 326 g/mol. The fourth-order valence-electron chi connectivity index (χ4n) is 2.17. The molecule has 23 heavy (non-hydrogen) atoms. The Morgan fingerprint density at radius 2 is 1.96 bits per heavy atom. The van der Waals surface area contributed by atoms with E-state index in [1.165, 1.54) is 15.9 Å². The molecule has 0 atom stereocenters. The molecule has 4 nitrogen and oxygen atoms in total. The first kappa shape index (κ1) is 14.0. The van der Waals surface area contributed by atoms with E-state index in [1.54, 1.807) is 17.4 Å². The van der Waals surface area contributed by atoms with Gasteiger partial charge in [0.2, 0.25) is 4.96 Å². The smallest absolute Gasteiger partial charge is 0.266 e. The number of rotatable bonds is 3. The number of fused-ring (bicyclic) bond motifs is 1. The number of thiophene rings is 1. The molecule has 0 saturated carbocycles. The molecule has 6 heteroatoms. The van der Waals surface area contributed by atoms with Crippen molar-refractivity contribution in [2.24, 2.45) is 0 Å². The van der Waals surface area contributed by atoms with E-state index in [0.717, 1.165) is 10.4 Å². The van der Waals surface area contributed by atoms with Gasteiger partial charge in [-0.2, -0.15) is 9.50 Å². The summed E-state index contributed by atoms with van der Waals surface area (Å²) in [5.41, 5.74) is 0.966. The van der Waals surface area contributed by atoms with Crippen LogP contribution in [0.25, 0.3) is 27.8 Å². The SMILES string of the molecule is O=c1c(=CC=Cc2ccccc2)sc2nc(-c3cccs3)nn12. The maximum atomic E-state index is 12.4. The second kappa shape index (κ2) is 5.91. The maximum absolute atomic E-state index is 12.4. The summed E-state index contributed by atoms with van der Waals surface area (Å²) < 4.78 is 2.01. The van der Waals surface area contributed by atoms with E-state index >= 15 is 0 Å². The van der Waals surface area contributed by atoms with Crippen molar-refractivity contribution in [1.29, 1.82) is 0 Å². The van der Waals surface area contributed by atoms with Crippen LogP contribution in [0.4, 0.5) is 0 Å². The third-order valence-corrected chi connectivity index (χ3v) is 5.10. The van der Waals surface area contributed by atoms with Gasteiger partial charge in [-0.15, -0.1) is 16.4 Å². The Bertz CT molecular complexity index is 1080. The minimum Gasteiger partial charge on any atom is -0.266 e. The Hall–Kier alpha value is -2.57. The molecule has 4 rings (SSSR count). The van der Waals surface area contributed by atoms with Crippen molar-refractivity contribution in [1.82, 2.24) is 14.6 Å². The highest BCUT2D eigenvalue weighted by Crippen LogP contribution is 2.21. The van der Waals surface area contributed by atoms with Gasteiger partial charge in [0.15, 0.2) is 5.82 Å². The number of hydrogen-bond donors (Lipinski definition) is 0. The van der Waals surface area contributed by atoms with Crippen LogP contribution in [0.2, 0.25) is 0 Å². The van der Waals surface area contributed by atoms with Crippen molar-refractivity contribution in [3.05, 3.63) is 74.4 Å². The molecule has 0 fully saturated rings. The average molecular weight is 337 g/mol. The zero-order chi connectivity index (χ0) is 15.6. The summed E-state index contributed by atoms with van der Waals surface area (Å²) in [6.07, 6.45) is 5.65. The van der Waals surface area contributed by atoms with Crippen LogP contribution in [0, 0.1) is 0 Å². The second-order valence-corrected chi connectivity index (χ2v) is 6.77. The van der Waals surface area contributed by atoms with E-state index in [2.05, 4.69) is 10.1 Å². The molecule has 0 aliphatic heterocycles. The summed E-state index contributed by atoms with van der Waals surface area (Å²) in [6, 6.07) is 13.9. The van der Waals surface area contributed by atoms with Crippen LogP contribution in [0.15, 0.2) is 58.7 Å². The highest BCUT2D eigenvalue weighted by molar-refractivity contribution is 7.15. The highest BCUT2D eigenvalue weighted by atomic mass is 32.1. The molecule has 0 amide bonds. The van der Waals surface area contributed by atoms with Crippen molar-refractivity contribution < 1.29 is 0 Å². The molecule has 0 aliphatic carbocycles. The highest BCUT2D eigenvalue weighted by Gasteiger charge is 2.11. The lowest BCUT2D eigenvalue weighted by molar-refractivity contribution is 0.938. The molecule has 4 aromatic rings. The van der Waals surface area contributed by atoms with Crippen LogP contribution >= 0.6 is 22.7 Å². The number of hydrogen-bond acceptors (Lipinski definition) is 5. The lowest BCUT2D eigenvalue weighted by Crippen LogP contribution is -2.23. The van der Waals surface area contributed by atoms with Gasteiger partial charge < -0.3 is 0 Å². The zero-order valence-corrected chi connectivity index (χ0v) is 13.6. The Morgan fingerprint density at radius 1 is 1.09 bits per heavy atom. The van der Waals surface area contributed by atoms with Gasteiger partial charge >= 0.3 is 0 Å². The predicted octanol–water partition coefficient (Wildman–Crippen LogP) is 3.09. The standard InChI is InChI=1S/C17H11N3OS2/c21-16-14(9-4-8-12-6-2-1-3-7-12)23-17-18-15(19-20(16)17)13-10-5-11-22-13/h1-11H. The largest absolute Gasteiger partial charge is 0.291 e. The third kappa shape index (κ3) is 2.74. The Morgan fingerprint density at radius 3 is 2.70 bits per heavy atom. The first-order valence-electron chi connectivity index (χ1n) is 6.98. The van der Waals surface area contributed by atoms with E-state index in [4.69, 9.17) is 0 Å². The fourth-order valence-corrected chi connectivity index (χ4v) is 3.68. The normalized spacial score (nSPS) is 12.6. The average Bonchev–Trinajstić information content (AvgIpc) is 3.27. The van der Waals surface area contributed by atoms with Gasteiger partial charge in [-0.05, 0) is 23.1 Å². The summed E-state index contributed by atoms with van der Waals surface area (Å²) in [5, 5.41) is 6.28. The predicted molar refractivity (Wildman–Crippen MR) is 95.6 cm³/mol. The summed E-state index contributed by atoms with van der Waals surface area (Å²) in [5.74, 6) is 0.606. The summed E-state index contributed by atoms with van der Waals surface area (Å²) >= 11 is 2.91. The quantitative estimate of drug-likeness (QED) is 0.577. The molecule has 3 heterocycles. The molecule has 0 radical (unpaired) electrons. The van der Waals surface area contributed by atoms with Crippen LogP contribution < -0.4 is 10.1 Å². The van der Waals surface area contributed by atoms with Crippen LogP contribution in [0.5, 0.6) is 0 Å². The van der Waals surface area contributed by atoms with Gasteiger partial charge in [-0.25, -0.2) is 0 Å². The Labute approximate surface area is 139 Å². The summed E-state index contributed by atoms with van der Waals surface area (Å²) in [7, 11) is 0. The van der Waals surface area contributed by atoms with Gasteiger partial charge in [0.05, 0.1) is 9.41 Å². The molecule has 0 saturated heterocycles. The van der Waals surface area contributed by atoms with Crippen molar-refractivity contribution in [2.45, 2.75) is 0 Å². The van der Waals surface area contributed by atoms with Gasteiger partial charge in [0, 0.05) is 0 Å². The topological polar surface area (TPSA) is 47.3 Å². The third-order valence-electron chi connectivity index (χ3n) is 3.26. The minimum absolute atomic E-state index is 0.127. The molecule has 0 aliphatic rings. The number of allylic oxidation sites excluding steroid dienone is 1. The van der Waals surface area contributed by atoms with E-state index in [0.29, 0.717) is 15.3 Å². The van der Waals surface area contributed by atoms with Gasteiger partial charge in [-0.1, -0.05) is 59.9 Å². The Balaban J connectivity index is 1.70. The number of aromatic nitrogens is 3. The van der Waals surface area contributed by atoms with E-state index < -0.39 is 0 Å². The Kier molecular flexibility index (Phi) is 3.61. The fraction of sp³-hybridized carbons (Fsp3) is 0. The lowest BCUT2D eigenvalue weighted by atomic mass is 10.2. The zero-order valence-electron chi connectivity index (χ0n) is 11.9.